The van der Waals surface area contributed by atoms with Crippen molar-refractivity contribution in [3.05, 3.63) is 37.0 Å². The maximum Gasteiger partial charge on any atom is 0.751 e. The first-order valence-electron chi connectivity index (χ1n) is 14.6. The van der Waals surface area contributed by atoms with Gasteiger partial charge in [0.15, 0.2) is 0 Å². The number of ether oxygens (including phenoxy) is 2. The summed E-state index contributed by atoms with van der Waals surface area (Å²) in [6, 6.07) is 0. The van der Waals surface area contributed by atoms with Gasteiger partial charge < -0.3 is 32.3 Å². The summed E-state index contributed by atoms with van der Waals surface area (Å²) >= 11 is 0. The molecule has 0 amide bonds. The van der Waals surface area contributed by atoms with E-state index in [0.29, 0.717) is 6.42 Å². The van der Waals surface area contributed by atoms with Gasteiger partial charge in [0, 0.05) is 32.3 Å². The van der Waals surface area contributed by atoms with Crippen LogP contribution in [-0.4, -0.2) is 71.7 Å². The van der Waals surface area contributed by atoms with Crippen molar-refractivity contribution in [1.29, 1.82) is 0 Å². The first-order chi connectivity index (χ1) is 19.6. The Morgan fingerprint density at radius 2 is 1.54 bits per heavy atom. The molecule has 0 aromatic rings. The van der Waals surface area contributed by atoms with E-state index < -0.39 is 33.1 Å². The Labute approximate surface area is 247 Å². The van der Waals surface area contributed by atoms with Crippen LogP contribution in [0.3, 0.4) is 0 Å². The fraction of sp³-hybridized carbons (Fsp3) is 0.700. The van der Waals surface area contributed by atoms with Crippen molar-refractivity contribution in [2.24, 2.45) is 0 Å². The standard InChI is InChI=1S/C30H52O10Si/c1-7-9-10-17-20-26(31)21-18-15-13-11-12-14-16-19-22-29(33)37-23-27(24-38-30(34)25(3)4)39-41(35-5,36-6)40-28(32)8-2/h8,15,18,26-27,31H,2-3,7,9-14,16-17,19-24H2,1,4-6H3/b18-15+. The highest BCUT2D eigenvalue weighted by molar-refractivity contribution is 6.55. The van der Waals surface area contributed by atoms with Gasteiger partial charge in [-0.05, 0) is 39.0 Å². The molecule has 236 valence electrons. The largest absolute Gasteiger partial charge is 0.751 e. The number of aliphatic hydroxyl groups excluding tert-OH is 1. The minimum Gasteiger partial charge on any atom is -0.463 e. The van der Waals surface area contributed by atoms with Crippen LogP contribution in [0.25, 0.3) is 0 Å². The van der Waals surface area contributed by atoms with E-state index >= 15 is 0 Å². The van der Waals surface area contributed by atoms with Crippen molar-refractivity contribution in [2.75, 3.05) is 27.4 Å². The number of aliphatic hydroxyl groups is 1. The van der Waals surface area contributed by atoms with Crippen molar-refractivity contribution in [2.45, 2.75) is 110 Å². The molecule has 10 nitrogen and oxygen atoms in total. The van der Waals surface area contributed by atoms with Crippen LogP contribution in [0.5, 0.6) is 0 Å². The van der Waals surface area contributed by atoms with E-state index in [2.05, 4.69) is 32.2 Å². The Balaban J connectivity index is 4.40. The van der Waals surface area contributed by atoms with Crippen LogP contribution in [0.15, 0.2) is 37.0 Å². The zero-order chi connectivity index (χ0) is 30.9. The van der Waals surface area contributed by atoms with E-state index in [0.717, 1.165) is 57.4 Å². The number of esters is 2. The maximum atomic E-state index is 12.3. The monoisotopic (exact) mass is 600 g/mol. The molecular weight excluding hydrogens is 548 g/mol. The quantitative estimate of drug-likeness (QED) is 0.0447. The number of unbranched alkanes of at least 4 members (excludes halogenated alkanes) is 8. The molecule has 0 aromatic heterocycles. The Hall–Kier alpha value is -2.31. The van der Waals surface area contributed by atoms with Crippen molar-refractivity contribution >= 4 is 27.0 Å². The number of hydrogen-bond donors (Lipinski definition) is 1. The molecule has 0 fully saturated rings. The number of carbonyl (C=O) groups is 3. The van der Waals surface area contributed by atoms with E-state index in [1.54, 1.807) is 0 Å². The second-order valence-electron chi connectivity index (χ2n) is 9.85. The molecule has 0 aliphatic rings. The summed E-state index contributed by atoms with van der Waals surface area (Å²) in [7, 11) is -1.49. The third-order valence-electron chi connectivity index (χ3n) is 6.10. The first-order valence-corrected chi connectivity index (χ1v) is 16.2. The summed E-state index contributed by atoms with van der Waals surface area (Å²) < 4.78 is 31.8. The summed E-state index contributed by atoms with van der Waals surface area (Å²) in [4.78, 5) is 35.9. The minimum absolute atomic E-state index is 0.184. The second kappa shape index (κ2) is 24.3. The summed E-state index contributed by atoms with van der Waals surface area (Å²) in [5, 5.41) is 9.99. The summed E-state index contributed by atoms with van der Waals surface area (Å²) in [5.74, 6) is -1.90. The SMILES string of the molecule is C=CC(=O)O[Si](OC)(OC)OC(COC(=O)CCCCCCC/C=C/CC(O)CCCCCC)COC(=O)C(=C)C. The third kappa shape index (κ3) is 20.2. The highest BCUT2D eigenvalue weighted by Gasteiger charge is 2.50. The van der Waals surface area contributed by atoms with Crippen LogP contribution in [0.2, 0.25) is 0 Å². The zero-order valence-corrected chi connectivity index (χ0v) is 26.5. The molecule has 11 heteroatoms. The minimum atomic E-state index is -3.97. The Morgan fingerprint density at radius 3 is 2.17 bits per heavy atom. The molecule has 41 heavy (non-hydrogen) atoms. The number of hydrogen-bond acceptors (Lipinski definition) is 10. The molecule has 0 aliphatic carbocycles. The average Bonchev–Trinajstić information content (AvgIpc) is 2.96. The Kier molecular flexibility index (Phi) is 22.9. The zero-order valence-electron chi connectivity index (χ0n) is 25.5. The maximum absolute atomic E-state index is 12.3. The van der Waals surface area contributed by atoms with Crippen molar-refractivity contribution in [3.63, 3.8) is 0 Å². The number of allylic oxidation sites excluding steroid dienone is 1. The van der Waals surface area contributed by atoms with E-state index in [4.69, 9.17) is 27.2 Å². The van der Waals surface area contributed by atoms with Crippen molar-refractivity contribution in [1.82, 2.24) is 0 Å². The number of rotatable bonds is 26. The van der Waals surface area contributed by atoms with Gasteiger partial charge >= 0.3 is 27.0 Å². The molecule has 2 unspecified atom stereocenters. The van der Waals surface area contributed by atoms with Gasteiger partial charge in [-0.25, -0.2) is 9.59 Å². The summed E-state index contributed by atoms with van der Waals surface area (Å²) in [5.41, 5.74) is 0.184. The Morgan fingerprint density at radius 1 is 0.902 bits per heavy atom. The fourth-order valence-corrected chi connectivity index (χ4v) is 5.13. The van der Waals surface area contributed by atoms with E-state index in [9.17, 15) is 19.5 Å². The van der Waals surface area contributed by atoms with Gasteiger partial charge in [-0.3, -0.25) is 4.79 Å². The topological polar surface area (TPSA) is 127 Å². The van der Waals surface area contributed by atoms with Gasteiger partial charge in [0.25, 0.3) is 0 Å². The first kappa shape index (κ1) is 38.7. The molecular formula is C30H52O10Si. The summed E-state index contributed by atoms with van der Waals surface area (Å²) in [6.07, 6.45) is 16.1. The lowest BCUT2D eigenvalue weighted by molar-refractivity contribution is -0.156. The van der Waals surface area contributed by atoms with Crippen LogP contribution >= 0.6 is 0 Å². The lowest BCUT2D eigenvalue weighted by Crippen LogP contribution is -2.52. The fourth-order valence-electron chi connectivity index (χ4n) is 3.68. The van der Waals surface area contributed by atoms with Gasteiger partial charge in [0.05, 0.1) is 6.10 Å². The molecule has 0 rings (SSSR count). The van der Waals surface area contributed by atoms with Crippen LogP contribution in [0, 0.1) is 0 Å². The van der Waals surface area contributed by atoms with Gasteiger partial charge in [-0.15, -0.1) is 0 Å². The van der Waals surface area contributed by atoms with Gasteiger partial charge in [-0.2, -0.15) is 0 Å². The lowest BCUT2D eigenvalue weighted by Gasteiger charge is -2.28. The van der Waals surface area contributed by atoms with Crippen LogP contribution in [0.1, 0.15) is 97.3 Å². The summed E-state index contributed by atoms with van der Waals surface area (Å²) in [6.45, 7) is 9.96. The molecule has 0 spiro atoms. The molecule has 0 radical (unpaired) electrons. The highest BCUT2D eigenvalue weighted by atomic mass is 28.4. The molecule has 0 saturated carbocycles. The molecule has 2 atom stereocenters. The van der Waals surface area contributed by atoms with E-state index in [1.807, 2.05) is 0 Å². The molecule has 1 N–H and O–H groups in total. The van der Waals surface area contributed by atoms with Crippen LogP contribution in [-0.2, 0) is 41.6 Å². The molecule has 0 bridgehead atoms. The Bertz CT molecular complexity index is 794. The predicted octanol–water partition coefficient (Wildman–Crippen LogP) is 5.50. The van der Waals surface area contributed by atoms with Gasteiger partial charge in [0.2, 0.25) is 0 Å². The van der Waals surface area contributed by atoms with Crippen molar-refractivity contribution in [3.8, 4) is 0 Å². The average molecular weight is 601 g/mol. The smallest absolute Gasteiger partial charge is 0.463 e. The molecule has 0 saturated heterocycles. The van der Waals surface area contributed by atoms with E-state index in [-0.39, 0.29) is 31.3 Å². The van der Waals surface area contributed by atoms with Gasteiger partial charge in [-0.1, -0.05) is 77.2 Å². The highest BCUT2D eigenvalue weighted by Crippen LogP contribution is 2.16. The molecule has 0 heterocycles. The van der Waals surface area contributed by atoms with Crippen molar-refractivity contribution < 1.29 is 46.7 Å². The lowest BCUT2D eigenvalue weighted by atomic mass is 10.1. The molecule has 0 aliphatic heterocycles. The second-order valence-corrected chi connectivity index (χ2v) is 12.1. The van der Waals surface area contributed by atoms with Crippen LogP contribution in [0.4, 0.5) is 0 Å². The molecule has 0 aromatic carbocycles. The van der Waals surface area contributed by atoms with E-state index in [1.165, 1.54) is 40.4 Å². The number of carbonyl (C=O) groups excluding carboxylic acids is 3. The van der Waals surface area contributed by atoms with Gasteiger partial charge in [0.1, 0.15) is 19.3 Å². The predicted molar refractivity (Wildman–Crippen MR) is 159 cm³/mol. The van der Waals surface area contributed by atoms with Crippen LogP contribution < -0.4 is 0 Å². The third-order valence-corrected chi connectivity index (χ3v) is 8.17. The normalized spacial score (nSPS) is 13.0.